The van der Waals surface area contributed by atoms with Gasteiger partial charge in [0.1, 0.15) is 0 Å². The van der Waals surface area contributed by atoms with Crippen LogP contribution in [0.1, 0.15) is 31.5 Å². The van der Waals surface area contributed by atoms with Gasteiger partial charge in [-0.25, -0.2) is 4.68 Å². The maximum absolute atomic E-state index is 12.5. The maximum Gasteiger partial charge on any atom is 0.333 e. The molecule has 106 valence electrons. The van der Waals surface area contributed by atoms with Crippen molar-refractivity contribution in [3.63, 3.8) is 0 Å². The van der Waals surface area contributed by atoms with Gasteiger partial charge in [-0.1, -0.05) is 0 Å². The largest absolute Gasteiger partial charge is 0.333 e. The molecule has 0 amide bonds. The van der Waals surface area contributed by atoms with Crippen LogP contribution in [0.3, 0.4) is 0 Å². The summed E-state index contributed by atoms with van der Waals surface area (Å²) in [4.78, 5) is 2.35. The molecular formula is C13H20F2N4. The predicted octanol–water partition coefficient (Wildman–Crippen LogP) is 1.85. The Bertz CT molecular complexity index is 426. The Balaban J connectivity index is 1.58. The molecule has 19 heavy (non-hydrogen) atoms. The highest BCUT2D eigenvalue weighted by Gasteiger charge is 2.38. The topological polar surface area (TPSA) is 33.1 Å². The van der Waals surface area contributed by atoms with Gasteiger partial charge in [-0.15, -0.1) is 0 Å². The van der Waals surface area contributed by atoms with E-state index in [1.54, 1.807) is 6.07 Å². The molecule has 2 aliphatic rings. The zero-order valence-corrected chi connectivity index (χ0v) is 11.0. The van der Waals surface area contributed by atoms with Gasteiger partial charge in [-0.05, 0) is 50.4 Å². The molecule has 3 heterocycles. The fourth-order valence-corrected chi connectivity index (χ4v) is 3.33. The van der Waals surface area contributed by atoms with E-state index in [0.29, 0.717) is 12.0 Å². The normalized spacial score (nSPS) is 23.5. The van der Waals surface area contributed by atoms with Crippen LogP contribution in [-0.4, -0.2) is 40.9 Å². The highest BCUT2D eigenvalue weighted by atomic mass is 19.3. The Morgan fingerprint density at radius 1 is 1.32 bits per heavy atom. The first-order chi connectivity index (χ1) is 9.17. The molecular weight excluding hydrogens is 250 g/mol. The van der Waals surface area contributed by atoms with Crippen LogP contribution in [0.25, 0.3) is 0 Å². The predicted molar refractivity (Wildman–Crippen MR) is 67.9 cm³/mol. The minimum Gasteiger partial charge on any atom is -0.317 e. The number of piperidine rings is 1. The van der Waals surface area contributed by atoms with Crippen LogP contribution in [0, 0.1) is 5.41 Å². The van der Waals surface area contributed by atoms with E-state index in [2.05, 4.69) is 15.3 Å². The number of rotatable bonds is 3. The zero-order valence-electron chi connectivity index (χ0n) is 11.0. The number of halogens is 2. The highest BCUT2D eigenvalue weighted by molar-refractivity contribution is 5.01. The second-order valence-electron chi connectivity index (χ2n) is 5.78. The van der Waals surface area contributed by atoms with Crippen molar-refractivity contribution >= 4 is 0 Å². The minimum atomic E-state index is -2.54. The molecule has 0 aromatic carbocycles. The van der Waals surface area contributed by atoms with Crippen LogP contribution in [0.5, 0.6) is 0 Å². The summed E-state index contributed by atoms with van der Waals surface area (Å²) in [6.07, 6.45) is 5.05. The van der Waals surface area contributed by atoms with E-state index < -0.39 is 6.55 Å². The molecule has 2 fully saturated rings. The van der Waals surface area contributed by atoms with E-state index in [0.717, 1.165) is 36.6 Å². The molecule has 2 saturated heterocycles. The van der Waals surface area contributed by atoms with Crippen LogP contribution in [-0.2, 0) is 6.54 Å². The summed E-state index contributed by atoms with van der Waals surface area (Å²) < 4.78 is 25.6. The number of likely N-dealkylation sites (tertiary alicyclic amines) is 1. The molecule has 0 atom stereocenters. The molecule has 0 radical (unpaired) electrons. The van der Waals surface area contributed by atoms with Crippen molar-refractivity contribution in [3.05, 3.63) is 18.0 Å². The van der Waals surface area contributed by atoms with Crippen LogP contribution < -0.4 is 5.32 Å². The van der Waals surface area contributed by atoms with Gasteiger partial charge in [0.2, 0.25) is 0 Å². The third-order valence-electron chi connectivity index (χ3n) is 4.43. The average Bonchev–Trinajstić information content (AvgIpc) is 2.99. The SMILES string of the molecule is FC(F)n1ccc(CN2CCC3(CCNCC3)C2)n1. The Morgan fingerprint density at radius 2 is 2.11 bits per heavy atom. The molecule has 4 nitrogen and oxygen atoms in total. The van der Waals surface area contributed by atoms with Crippen molar-refractivity contribution in [2.45, 2.75) is 32.4 Å². The van der Waals surface area contributed by atoms with Crippen LogP contribution in [0.2, 0.25) is 0 Å². The smallest absolute Gasteiger partial charge is 0.317 e. The number of nitrogens with zero attached hydrogens (tertiary/aromatic N) is 3. The van der Waals surface area contributed by atoms with Crippen molar-refractivity contribution in [2.75, 3.05) is 26.2 Å². The second kappa shape index (κ2) is 5.17. The summed E-state index contributed by atoms with van der Waals surface area (Å²) in [5.74, 6) is 0. The van der Waals surface area contributed by atoms with Gasteiger partial charge >= 0.3 is 6.55 Å². The van der Waals surface area contributed by atoms with Gasteiger partial charge in [-0.2, -0.15) is 13.9 Å². The Labute approximate surface area is 111 Å². The minimum absolute atomic E-state index is 0.455. The highest BCUT2D eigenvalue weighted by Crippen LogP contribution is 2.38. The zero-order chi connectivity index (χ0) is 13.3. The number of hydrogen-bond donors (Lipinski definition) is 1. The van der Waals surface area contributed by atoms with Crippen LogP contribution in [0.4, 0.5) is 8.78 Å². The fraction of sp³-hybridized carbons (Fsp3) is 0.769. The summed E-state index contributed by atoms with van der Waals surface area (Å²) in [5.41, 5.74) is 1.20. The standard InChI is InChI=1S/C13H20F2N4/c14-12(15)19-7-1-11(17-19)9-18-8-4-13(10-18)2-5-16-6-3-13/h1,7,12,16H,2-6,8-10H2. The molecule has 0 unspecified atom stereocenters. The number of hydrogen-bond acceptors (Lipinski definition) is 3. The van der Waals surface area contributed by atoms with Gasteiger partial charge in [0.15, 0.2) is 0 Å². The van der Waals surface area contributed by atoms with Gasteiger partial charge in [0.05, 0.1) is 5.69 Å². The summed E-state index contributed by atoms with van der Waals surface area (Å²) >= 11 is 0. The van der Waals surface area contributed by atoms with Crippen molar-refractivity contribution in [3.8, 4) is 0 Å². The molecule has 1 N–H and O–H groups in total. The van der Waals surface area contributed by atoms with Gasteiger partial charge in [0, 0.05) is 19.3 Å². The average molecular weight is 270 g/mol. The molecule has 0 bridgehead atoms. The lowest BCUT2D eigenvalue weighted by Gasteiger charge is -2.33. The Kier molecular flexibility index (Phi) is 3.54. The van der Waals surface area contributed by atoms with E-state index in [9.17, 15) is 8.78 Å². The molecule has 3 rings (SSSR count). The molecule has 1 aromatic rings. The third kappa shape index (κ3) is 2.79. The molecule has 1 aromatic heterocycles. The van der Waals surface area contributed by atoms with Crippen LogP contribution in [0.15, 0.2) is 12.3 Å². The number of aromatic nitrogens is 2. The van der Waals surface area contributed by atoms with Crippen LogP contribution >= 0.6 is 0 Å². The lowest BCUT2D eigenvalue weighted by molar-refractivity contribution is 0.0558. The van der Waals surface area contributed by atoms with Crippen molar-refractivity contribution in [2.24, 2.45) is 5.41 Å². The summed E-state index contributed by atoms with van der Waals surface area (Å²) in [6.45, 7) is 2.50. The van der Waals surface area contributed by atoms with Gasteiger partial charge in [-0.3, -0.25) is 4.90 Å². The Morgan fingerprint density at radius 3 is 2.79 bits per heavy atom. The monoisotopic (exact) mass is 270 g/mol. The summed E-state index contributed by atoms with van der Waals surface area (Å²) in [7, 11) is 0. The van der Waals surface area contributed by atoms with E-state index in [1.807, 2.05) is 0 Å². The summed E-state index contributed by atoms with van der Waals surface area (Å²) in [5, 5.41) is 7.32. The van der Waals surface area contributed by atoms with Crippen molar-refractivity contribution in [1.82, 2.24) is 20.0 Å². The molecule has 0 aliphatic carbocycles. The first-order valence-electron chi connectivity index (χ1n) is 6.92. The van der Waals surface area contributed by atoms with Crippen molar-refractivity contribution in [1.29, 1.82) is 0 Å². The van der Waals surface area contributed by atoms with E-state index in [1.165, 1.54) is 25.5 Å². The third-order valence-corrected chi connectivity index (χ3v) is 4.43. The lowest BCUT2D eigenvalue weighted by Crippen LogP contribution is -2.38. The van der Waals surface area contributed by atoms with Gasteiger partial charge < -0.3 is 5.32 Å². The second-order valence-corrected chi connectivity index (χ2v) is 5.78. The number of nitrogens with one attached hydrogen (secondary N) is 1. The number of alkyl halides is 2. The molecule has 2 aliphatic heterocycles. The fourth-order valence-electron chi connectivity index (χ4n) is 3.33. The van der Waals surface area contributed by atoms with E-state index in [-0.39, 0.29) is 0 Å². The molecule has 1 spiro atoms. The van der Waals surface area contributed by atoms with E-state index in [4.69, 9.17) is 0 Å². The molecule has 0 saturated carbocycles. The summed E-state index contributed by atoms with van der Waals surface area (Å²) in [6, 6.07) is 1.69. The van der Waals surface area contributed by atoms with Gasteiger partial charge in [0.25, 0.3) is 0 Å². The van der Waals surface area contributed by atoms with Crippen molar-refractivity contribution < 1.29 is 8.78 Å². The molecule has 6 heteroatoms. The lowest BCUT2D eigenvalue weighted by atomic mass is 9.78. The Hall–Kier alpha value is -1.01. The quantitative estimate of drug-likeness (QED) is 0.910. The maximum atomic E-state index is 12.5. The first-order valence-corrected chi connectivity index (χ1v) is 6.92. The van der Waals surface area contributed by atoms with E-state index >= 15 is 0 Å². The first kappa shape index (κ1) is 13.0.